The van der Waals surface area contributed by atoms with E-state index >= 15 is 0 Å². The summed E-state index contributed by atoms with van der Waals surface area (Å²) in [4.78, 5) is 12.9. The minimum atomic E-state index is -0.105. The molecule has 0 saturated heterocycles. The molecule has 1 unspecified atom stereocenters. The molecule has 28 heavy (non-hydrogen) atoms. The molecule has 0 saturated carbocycles. The van der Waals surface area contributed by atoms with Gasteiger partial charge in [-0.15, -0.1) is 0 Å². The lowest BCUT2D eigenvalue weighted by Gasteiger charge is -2.21. The van der Waals surface area contributed by atoms with Gasteiger partial charge < -0.3 is 5.32 Å². The van der Waals surface area contributed by atoms with Crippen LogP contribution in [0.4, 0.5) is 5.69 Å². The van der Waals surface area contributed by atoms with Crippen LogP contribution in [0.3, 0.4) is 0 Å². The molecular formula is C25H26ClNO. The summed E-state index contributed by atoms with van der Waals surface area (Å²) in [7, 11) is 0. The zero-order valence-corrected chi connectivity index (χ0v) is 17.3. The molecule has 0 spiro atoms. The number of carbonyl (C=O) groups excluding carboxylic acids is 1. The largest absolute Gasteiger partial charge is 0.378 e. The van der Waals surface area contributed by atoms with Gasteiger partial charge in [0.15, 0.2) is 5.78 Å². The van der Waals surface area contributed by atoms with E-state index in [0.717, 1.165) is 11.3 Å². The Morgan fingerprint density at radius 3 is 2.00 bits per heavy atom. The number of halogens is 1. The van der Waals surface area contributed by atoms with Crippen LogP contribution < -0.4 is 5.32 Å². The van der Waals surface area contributed by atoms with Crippen LogP contribution in [0.25, 0.3) is 0 Å². The summed E-state index contributed by atoms with van der Waals surface area (Å²) in [6.07, 6.45) is 0.372. The fourth-order valence-electron chi connectivity index (χ4n) is 3.16. The van der Waals surface area contributed by atoms with Gasteiger partial charge in [-0.2, -0.15) is 0 Å². The summed E-state index contributed by atoms with van der Waals surface area (Å²) in [6.45, 7) is 6.43. The van der Waals surface area contributed by atoms with Crippen LogP contribution in [0, 0.1) is 6.92 Å². The van der Waals surface area contributed by atoms with E-state index in [1.54, 1.807) is 24.3 Å². The minimum absolute atomic E-state index is 0.0919. The zero-order valence-electron chi connectivity index (χ0n) is 16.6. The highest BCUT2D eigenvalue weighted by Crippen LogP contribution is 2.27. The molecule has 0 radical (unpaired) electrons. The monoisotopic (exact) mass is 391 g/mol. The lowest BCUT2D eigenvalue weighted by atomic mass is 9.95. The second-order valence-electron chi connectivity index (χ2n) is 7.52. The van der Waals surface area contributed by atoms with E-state index in [1.807, 2.05) is 0 Å². The van der Waals surface area contributed by atoms with Crippen molar-refractivity contribution in [2.45, 2.75) is 39.2 Å². The maximum Gasteiger partial charge on any atom is 0.165 e. The normalized spacial score (nSPS) is 12.0. The Hall–Kier alpha value is -2.58. The smallest absolute Gasteiger partial charge is 0.165 e. The second-order valence-corrected chi connectivity index (χ2v) is 7.95. The highest BCUT2D eigenvalue weighted by Gasteiger charge is 2.18. The topological polar surface area (TPSA) is 29.1 Å². The van der Waals surface area contributed by atoms with Crippen LogP contribution in [0.15, 0.2) is 72.8 Å². The SMILES string of the molecule is Cc1ccc(NC(CC(=O)c2ccc(Cl)cc2)c2ccc(C(C)C)cc2)cc1. The van der Waals surface area contributed by atoms with E-state index in [1.165, 1.54) is 11.1 Å². The van der Waals surface area contributed by atoms with Crippen molar-refractivity contribution in [3.8, 4) is 0 Å². The van der Waals surface area contributed by atoms with Crippen molar-refractivity contribution in [2.24, 2.45) is 0 Å². The Morgan fingerprint density at radius 1 is 0.857 bits per heavy atom. The van der Waals surface area contributed by atoms with Crippen molar-refractivity contribution >= 4 is 23.1 Å². The van der Waals surface area contributed by atoms with Gasteiger partial charge in [0.25, 0.3) is 0 Å². The average molecular weight is 392 g/mol. The van der Waals surface area contributed by atoms with E-state index in [2.05, 4.69) is 74.6 Å². The third-order valence-electron chi connectivity index (χ3n) is 4.95. The number of hydrogen-bond donors (Lipinski definition) is 1. The van der Waals surface area contributed by atoms with Crippen molar-refractivity contribution in [3.05, 3.63) is 100 Å². The fourth-order valence-corrected chi connectivity index (χ4v) is 3.28. The summed E-state index contributed by atoms with van der Waals surface area (Å²) in [6, 6.07) is 23.8. The van der Waals surface area contributed by atoms with Crippen LogP contribution >= 0.6 is 11.6 Å². The lowest BCUT2D eigenvalue weighted by molar-refractivity contribution is 0.0976. The van der Waals surface area contributed by atoms with Crippen LogP contribution in [0.5, 0.6) is 0 Å². The van der Waals surface area contributed by atoms with Gasteiger partial charge in [-0.1, -0.05) is 67.4 Å². The highest BCUT2D eigenvalue weighted by atomic mass is 35.5. The molecule has 2 nitrogen and oxygen atoms in total. The molecule has 0 aliphatic heterocycles. The van der Waals surface area contributed by atoms with Gasteiger partial charge >= 0.3 is 0 Å². The first-order valence-corrected chi connectivity index (χ1v) is 10.0. The fraction of sp³-hybridized carbons (Fsp3) is 0.240. The summed E-state index contributed by atoms with van der Waals surface area (Å²) >= 11 is 5.95. The number of Topliss-reactive ketones (excluding diaryl/α,β-unsaturated/α-hetero) is 1. The maximum atomic E-state index is 12.9. The molecule has 0 amide bonds. The average Bonchev–Trinajstić information content (AvgIpc) is 2.69. The zero-order chi connectivity index (χ0) is 20.1. The molecular weight excluding hydrogens is 366 g/mol. The van der Waals surface area contributed by atoms with Gasteiger partial charge in [0.1, 0.15) is 0 Å². The molecule has 0 fully saturated rings. The molecule has 0 heterocycles. The van der Waals surface area contributed by atoms with Crippen molar-refractivity contribution in [1.29, 1.82) is 0 Å². The number of aryl methyl sites for hydroxylation is 1. The summed E-state index contributed by atoms with van der Waals surface area (Å²) in [5.74, 6) is 0.572. The van der Waals surface area contributed by atoms with E-state index in [-0.39, 0.29) is 11.8 Å². The molecule has 0 bridgehead atoms. The summed E-state index contributed by atoms with van der Waals surface area (Å²) < 4.78 is 0. The minimum Gasteiger partial charge on any atom is -0.378 e. The van der Waals surface area contributed by atoms with Crippen LogP contribution in [-0.2, 0) is 0 Å². The molecule has 3 heteroatoms. The van der Waals surface area contributed by atoms with Crippen molar-refractivity contribution in [1.82, 2.24) is 0 Å². The number of ketones is 1. The molecule has 0 aliphatic carbocycles. The Morgan fingerprint density at radius 2 is 1.43 bits per heavy atom. The molecule has 0 aliphatic rings. The van der Waals surface area contributed by atoms with Gasteiger partial charge in [0.2, 0.25) is 0 Å². The first-order chi connectivity index (χ1) is 13.4. The van der Waals surface area contributed by atoms with Gasteiger partial charge in [-0.05, 0) is 60.4 Å². The molecule has 144 valence electrons. The number of hydrogen-bond acceptors (Lipinski definition) is 2. The number of benzene rings is 3. The van der Waals surface area contributed by atoms with E-state index in [4.69, 9.17) is 11.6 Å². The predicted molar refractivity (Wildman–Crippen MR) is 118 cm³/mol. The van der Waals surface area contributed by atoms with Crippen LogP contribution in [0.1, 0.15) is 59.3 Å². The Bertz CT molecular complexity index is 912. The van der Waals surface area contributed by atoms with E-state index < -0.39 is 0 Å². The van der Waals surface area contributed by atoms with Crippen molar-refractivity contribution in [3.63, 3.8) is 0 Å². The first-order valence-electron chi connectivity index (χ1n) is 9.64. The first kappa shape index (κ1) is 20.2. The van der Waals surface area contributed by atoms with E-state index in [0.29, 0.717) is 22.9 Å². The number of carbonyl (C=O) groups is 1. The second kappa shape index (κ2) is 9.07. The van der Waals surface area contributed by atoms with Gasteiger partial charge in [0, 0.05) is 22.7 Å². The lowest BCUT2D eigenvalue weighted by Crippen LogP contribution is -2.16. The molecule has 1 N–H and O–H groups in total. The third-order valence-corrected chi connectivity index (χ3v) is 5.21. The summed E-state index contributed by atoms with van der Waals surface area (Å²) in [5, 5.41) is 4.17. The van der Waals surface area contributed by atoms with Crippen molar-refractivity contribution in [2.75, 3.05) is 5.32 Å². The number of rotatable bonds is 7. The third kappa shape index (κ3) is 5.24. The Balaban J connectivity index is 1.85. The molecule has 1 atom stereocenters. The van der Waals surface area contributed by atoms with Gasteiger partial charge in [-0.3, -0.25) is 4.79 Å². The van der Waals surface area contributed by atoms with Crippen molar-refractivity contribution < 1.29 is 4.79 Å². The standard InChI is InChI=1S/C25H26ClNO/c1-17(2)19-6-8-20(9-7-19)24(27-23-14-4-18(3)5-15-23)16-25(28)21-10-12-22(26)13-11-21/h4-15,17,24,27H,16H2,1-3H3. The molecule has 3 aromatic carbocycles. The summed E-state index contributed by atoms with van der Waals surface area (Å²) in [5.41, 5.74) is 5.29. The maximum absolute atomic E-state index is 12.9. The predicted octanol–water partition coefficient (Wildman–Crippen LogP) is 7.20. The Kier molecular flexibility index (Phi) is 6.53. The Labute approximate surface area is 172 Å². The molecule has 3 aromatic rings. The van der Waals surface area contributed by atoms with Crippen LogP contribution in [-0.4, -0.2) is 5.78 Å². The highest BCUT2D eigenvalue weighted by molar-refractivity contribution is 6.30. The molecule has 3 rings (SSSR count). The number of anilines is 1. The molecule has 0 aromatic heterocycles. The number of nitrogens with one attached hydrogen (secondary N) is 1. The van der Waals surface area contributed by atoms with E-state index in [9.17, 15) is 4.79 Å². The van der Waals surface area contributed by atoms with Gasteiger partial charge in [-0.25, -0.2) is 0 Å². The van der Waals surface area contributed by atoms with Gasteiger partial charge in [0.05, 0.1) is 6.04 Å². The van der Waals surface area contributed by atoms with Crippen LogP contribution in [0.2, 0.25) is 5.02 Å². The quantitative estimate of drug-likeness (QED) is 0.431.